The van der Waals surface area contributed by atoms with Crippen LogP contribution in [-0.2, 0) is 12.6 Å². The van der Waals surface area contributed by atoms with Crippen LogP contribution in [0.2, 0.25) is 0 Å². The highest BCUT2D eigenvalue weighted by molar-refractivity contribution is 6.20. The van der Waals surface area contributed by atoms with Gasteiger partial charge in [0.15, 0.2) is 0 Å². The van der Waals surface area contributed by atoms with E-state index in [1.165, 1.54) is 12.1 Å². The Morgan fingerprint density at radius 3 is 1.90 bits per heavy atom. The molecular weight excluding hydrogens is 311 g/mol. The molecule has 0 bridgehead atoms. The van der Waals surface area contributed by atoms with E-state index in [-0.39, 0.29) is 12.0 Å². The van der Waals surface area contributed by atoms with E-state index in [1.807, 2.05) is 0 Å². The van der Waals surface area contributed by atoms with Crippen molar-refractivity contribution >= 4 is 11.6 Å². The monoisotopic (exact) mass is 320 g/mol. The summed E-state index contributed by atoms with van der Waals surface area (Å²) in [7, 11) is 0. The highest BCUT2D eigenvalue weighted by Crippen LogP contribution is 2.31. The third-order valence-corrected chi connectivity index (χ3v) is 3.35. The standard InChI is InChI=1S/C15H10ClF5/c16-14(10-6-12(17)8-13(18)7-10)5-9-1-3-11(4-2-9)15(19,20)21/h1-4,6-8,14H,5H2. The Hall–Kier alpha value is -1.62. The summed E-state index contributed by atoms with van der Waals surface area (Å²) in [5, 5.41) is -0.730. The van der Waals surface area contributed by atoms with Crippen LogP contribution in [0.1, 0.15) is 22.1 Å². The van der Waals surface area contributed by atoms with E-state index >= 15 is 0 Å². The molecule has 0 amide bonds. The van der Waals surface area contributed by atoms with Crippen molar-refractivity contribution in [2.45, 2.75) is 18.0 Å². The number of alkyl halides is 4. The number of halogens is 6. The fourth-order valence-electron chi connectivity index (χ4n) is 1.91. The maximum Gasteiger partial charge on any atom is 0.416 e. The van der Waals surface area contributed by atoms with E-state index < -0.39 is 28.8 Å². The van der Waals surface area contributed by atoms with E-state index in [2.05, 4.69) is 0 Å². The van der Waals surface area contributed by atoms with Crippen LogP contribution in [0.3, 0.4) is 0 Å². The lowest BCUT2D eigenvalue weighted by Crippen LogP contribution is -2.05. The largest absolute Gasteiger partial charge is 0.416 e. The minimum atomic E-state index is -4.40. The molecule has 6 heteroatoms. The number of rotatable bonds is 3. The highest BCUT2D eigenvalue weighted by atomic mass is 35.5. The summed E-state index contributed by atoms with van der Waals surface area (Å²) in [5.74, 6) is -1.49. The van der Waals surface area contributed by atoms with Crippen molar-refractivity contribution in [2.24, 2.45) is 0 Å². The number of hydrogen-bond acceptors (Lipinski definition) is 0. The number of hydrogen-bond donors (Lipinski definition) is 0. The van der Waals surface area contributed by atoms with E-state index in [4.69, 9.17) is 11.6 Å². The first-order chi connectivity index (χ1) is 9.75. The van der Waals surface area contributed by atoms with Gasteiger partial charge in [0.05, 0.1) is 10.9 Å². The van der Waals surface area contributed by atoms with Gasteiger partial charge < -0.3 is 0 Å². The van der Waals surface area contributed by atoms with Crippen LogP contribution >= 0.6 is 11.6 Å². The zero-order valence-electron chi connectivity index (χ0n) is 10.6. The summed E-state index contributed by atoms with van der Waals surface area (Å²) >= 11 is 6.06. The van der Waals surface area contributed by atoms with Gasteiger partial charge in [-0.1, -0.05) is 12.1 Å². The van der Waals surface area contributed by atoms with Crippen molar-refractivity contribution in [3.05, 3.63) is 70.8 Å². The predicted molar refractivity (Wildman–Crippen MR) is 70.1 cm³/mol. The van der Waals surface area contributed by atoms with Gasteiger partial charge in [-0.05, 0) is 41.8 Å². The second-order valence-electron chi connectivity index (χ2n) is 4.57. The fourth-order valence-corrected chi connectivity index (χ4v) is 2.21. The molecule has 2 aromatic carbocycles. The van der Waals surface area contributed by atoms with Crippen LogP contribution in [0.5, 0.6) is 0 Å². The molecule has 1 atom stereocenters. The molecule has 0 heterocycles. The molecule has 112 valence electrons. The lowest BCUT2D eigenvalue weighted by Gasteiger charge is -2.12. The third kappa shape index (κ3) is 4.17. The van der Waals surface area contributed by atoms with Crippen molar-refractivity contribution in [2.75, 3.05) is 0 Å². The van der Waals surface area contributed by atoms with Crippen molar-refractivity contribution < 1.29 is 22.0 Å². The van der Waals surface area contributed by atoms with Gasteiger partial charge in [0, 0.05) is 6.07 Å². The molecule has 0 saturated heterocycles. The average molecular weight is 321 g/mol. The second kappa shape index (κ2) is 6.02. The van der Waals surface area contributed by atoms with E-state index in [0.29, 0.717) is 5.56 Å². The summed E-state index contributed by atoms with van der Waals surface area (Å²) in [6.07, 6.45) is -4.23. The Morgan fingerprint density at radius 2 is 1.43 bits per heavy atom. The Labute approximate surface area is 123 Å². The Bertz CT molecular complexity index is 599. The lowest BCUT2D eigenvalue weighted by atomic mass is 10.0. The number of benzene rings is 2. The second-order valence-corrected chi connectivity index (χ2v) is 5.10. The minimum Gasteiger partial charge on any atom is -0.207 e. The smallest absolute Gasteiger partial charge is 0.207 e. The summed E-state index contributed by atoms with van der Waals surface area (Å²) in [5.41, 5.74) is 0.0379. The van der Waals surface area contributed by atoms with Crippen molar-refractivity contribution in [1.82, 2.24) is 0 Å². The molecule has 0 spiro atoms. The Kier molecular flexibility index (Phi) is 4.52. The molecule has 2 rings (SSSR count). The highest BCUT2D eigenvalue weighted by Gasteiger charge is 2.30. The summed E-state index contributed by atoms with van der Waals surface area (Å²) < 4.78 is 63.5. The normalized spacial score (nSPS) is 13.2. The molecular formula is C15H10ClF5. The molecule has 0 aliphatic heterocycles. The van der Waals surface area contributed by atoms with Crippen molar-refractivity contribution in [3.63, 3.8) is 0 Å². The molecule has 0 saturated carbocycles. The van der Waals surface area contributed by atoms with Gasteiger partial charge in [-0.25, -0.2) is 8.78 Å². The SMILES string of the molecule is Fc1cc(F)cc(C(Cl)Cc2ccc(C(F)(F)F)cc2)c1. The van der Waals surface area contributed by atoms with Crippen LogP contribution in [-0.4, -0.2) is 0 Å². The molecule has 0 N–H and O–H groups in total. The van der Waals surface area contributed by atoms with Crippen LogP contribution in [0.25, 0.3) is 0 Å². The fraction of sp³-hybridized carbons (Fsp3) is 0.200. The molecule has 0 aliphatic carbocycles. The minimum absolute atomic E-state index is 0.169. The first-order valence-corrected chi connectivity index (χ1v) is 6.45. The van der Waals surface area contributed by atoms with Gasteiger partial charge in [0.2, 0.25) is 0 Å². The molecule has 0 fully saturated rings. The van der Waals surface area contributed by atoms with Gasteiger partial charge in [0.1, 0.15) is 11.6 Å². The summed E-state index contributed by atoms with van der Waals surface area (Å²) in [6.45, 7) is 0. The molecule has 0 radical (unpaired) electrons. The lowest BCUT2D eigenvalue weighted by molar-refractivity contribution is -0.137. The van der Waals surface area contributed by atoms with Gasteiger partial charge in [0.25, 0.3) is 0 Å². The quantitative estimate of drug-likeness (QED) is 0.517. The van der Waals surface area contributed by atoms with Crippen molar-refractivity contribution in [1.29, 1.82) is 0 Å². The molecule has 2 aromatic rings. The van der Waals surface area contributed by atoms with Gasteiger partial charge in [-0.3, -0.25) is 0 Å². The summed E-state index contributed by atoms with van der Waals surface area (Å²) in [4.78, 5) is 0. The Morgan fingerprint density at radius 1 is 0.905 bits per heavy atom. The molecule has 0 nitrogen and oxygen atoms in total. The van der Waals surface area contributed by atoms with Crippen LogP contribution in [0, 0.1) is 11.6 Å². The molecule has 1 unspecified atom stereocenters. The maximum atomic E-state index is 13.1. The van der Waals surface area contributed by atoms with Crippen LogP contribution in [0.4, 0.5) is 22.0 Å². The molecule has 21 heavy (non-hydrogen) atoms. The maximum absolute atomic E-state index is 13.1. The topological polar surface area (TPSA) is 0 Å². The third-order valence-electron chi connectivity index (χ3n) is 2.94. The van der Waals surface area contributed by atoms with Crippen LogP contribution < -0.4 is 0 Å². The zero-order chi connectivity index (χ0) is 15.6. The van der Waals surface area contributed by atoms with Gasteiger partial charge >= 0.3 is 6.18 Å². The van der Waals surface area contributed by atoms with E-state index in [9.17, 15) is 22.0 Å². The van der Waals surface area contributed by atoms with Gasteiger partial charge in [-0.15, -0.1) is 11.6 Å². The predicted octanol–water partition coefficient (Wildman–Crippen LogP) is 5.51. The van der Waals surface area contributed by atoms with Gasteiger partial charge in [-0.2, -0.15) is 13.2 Å². The van der Waals surface area contributed by atoms with Crippen molar-refractivity contribution in [3.8, 4) is 0 Å². The first kappa shape index (κ1) is 15.8. The average Bonchev–Trinajstić information content (AvgIpc) is 2.37. The van der Waals surface area contributed by atoms with E-state index in [0.717, 1.165) is 30.3 Å². The first-order valence-electron chi connectivity index (χ1n) is 6.02. The van der Waals surface area contributed by atoms with Crippen LogP contribution in [0.15, 0.2) is 42.5 Å². The molecule has 0 aromatic heterocycles. The zero-order valence-corrected chi connectivity index (χ0v) is 11.3. The van der Waals surface area contributed by atoms with E-state index in [1.54, 1.807) is 0 Å². The molecule has 0 aliphatic rings. The summed E-state index contributed by atoms with van der Waals surface area (Å²) in [6, 6.07) is 7.43. The Balaban J connectivity index is 2.14.